The Balaban J connectivity index is 1.38. The number of pyridine rings is 1. The van der Waals surface area contributed by atoms with Crippen LogP contribution in [-0.4, -0.2) is 42.0 Å². The zero-order chi connectivity index (χ0) is 19.5. The van der Waals surface area contributed by atoms with Crippen LogP contribution in [0, 0.1) is 0 Å². The van der Waals surface area contributed by atoms with Gasteiger partial charge in [-0.05, 0) is 42.0 Å². The molecule has 2 heterocycles. The summed E-state index contributed by atoms with van der Waals surface area (Å²) in [6.45, 7) is 2.85. The first kappa shape index (κ1) is 18.8. The van der Waals surface area contributed by atoms with Crippen molar-refractivity contribution in [3.05, 3.63) is 76.3 Å². The Morgan fingerprint density at radius 1 is 0.929 bits per heavy atom. The number of hydrogen-bond donors (Lipinski definition) is 0. The number of para-hydroxylation sites is 1. The average Bonchev–Trinajstić information content (AvgIpc) is 2.74. The molecule has 2 aromatic carbocycles. The lowest BCUT2D eigenvalue weighted by molar-refractivity contribution is -0.126. The third kappa shape index (κ3) is 4.13. The minimum absolute atomic E-state index is 0.00260. The largest absolute Gasteiger partial charge is 0.353 e. The van der Waals surface area contributed by atoms with Crippen LogP contribution >= 0.6 is 23.2 Å². The smallest absolute Gasteiger partial charge is 0.246 e. The number of anilines is 1. The number of hydrogen-bond acceptors (Lipinski definition) is 3. The van der Waals surface area contributed by atoms with Gasteiger partial charge >= 0.3 is 0 Å². The highest BCUT2D eigenvalue weighted by molar-refractivity contribution is 6.42. The first-order valence-electron chi connectivity index (χ1n) is 9.13. The molecule has 4 nitrogen and oxygen atoms in total. The zero-order valence-corrected chi connectivity index (χ0v) is 16.7. The van der Waals surface area contributed by atoms with Gasteiger partial charge in [0.05, 0.1) is 15.6 Å². The molecular weight excluding hydrogens is 393 g/mol. The van der Waals surface area contributed by atoms with Gasteiger partial charge in [-0.1, -0.05) is 47.5 Å². The Morgan fingerprint density at radius 2 is 1.71 bits per heavy atom. The van der Waals surface area contributed by atoms with Crippen molar-refractivity contribution in [3.8, 4) is 0 Å². The molecule has 6 heteroatoms. The predicted molar refractivity (Wildman–Crippen MR) is 116 cm³/mol. The van der Waals surface area contributed by atoms with E-state index >= 15 is 0 Å². The summed E-state index contributed by atoms with van der Waals surface area (Å²) in [5, 5.41) is 2.11. The third-order valence-corrected chi connectivity index (χ3v) is 5.60. The molecule has 0 bridgehead atoms. The Morgan fingerprint density at radius 3 is 2.50 bits per heavy atom. The summed E-state index contributed by atoms with van der Waals surface area (Å²) in [5.74, 6) is 0.953. The van der Waals surface area contributed by atoms with E-state index in [9.17, 15) is 4.79 Å². The first-order chi connectivity index (χ1) is 13.6. The molecule has 1 aromatic heterocycles. The van der Waals surface area contributed by atoms with Gasteiger partial charge in [-0.25, -0.2) is 4.98 Å². The van der Waals surface area contributed by atoms with Crippen molar-refractivity contribution in [3.63, 3.8) is 0 Å². The number of rotatable bonds is 3. The molecule has 1 aliphatic rings. The Hall–Kier alpha value is -2.56. The summed E-state index contributed by atoms with van der Waals surface area (Å²) in [7, 11) is 0. The highest BCUT2D eigenvalue weighted by atomic mass is 35.5. The molecule has 1 saturated heterocycles. The van der Waals surface area contributed by atoms with Gasteiger partial charge in [0.15, 0.2) is 0 Å². The third-order valence-electron chi connectivity index (χ3n) is 4.86. The molecule has 0 aliphatic carbocycles. The Kier molecular flexibility index (Phi) is 5.51. The molecule has 0 N–H and O–H groups in total. The van der Waals surface area contributed by atoms with E-state index < -0.39 is 0 Å². The molecule has 0 atom stereocenters. The Bertz CT molecular complexity index is 1040. The van der Waals surface area contributed by atoms with Crippen molar-refractivity contribution in [1.29, 1.82) is 0 Å². The van der Waals surface area contributed by atoms with Crippen LogP contribution in [0.15, 0.2) is 60.7 Å². The number of fused-ring (bicyclic) bond motifs is 1. The number of halogens is 2. The number of nitrogens with zero attached hydrogens (tertiary/aromatic N) is 3. The van der Waals surface area contributed by atoms with E-state index in [4.69, 9.17) is 28.2 Å². The minimum Gasteiger partial charge on any atom is -0.353 e. The van der Waals surface area contributed by atoms with Crippen LogP contribution in [0.5, 0.6) is 0 Å². The number of carbonyl (C=O) groups is 1. The predicted octanol–water partition coefficient (Wildman–Crippen LogP) is 4.90. The summed E-state index contributed by atoms with van der Waals surface area (Å²) in [6.07, 6.45) is 3.35. The monoisotopic (exact) mass is 411 g/mol. The van der Waals surface area contributed by atoms with Crippen LogP contribution in [0.1, 0.15) is 5.56 Å². The molecule has 0 spiro atoms. The quantitative estimate of drug-likeness (QED) is 0.574. The lowest BCUT2D eigenvalue weighted by atomic mass is 10.2. The second-order valence-electron chi connectivity index (χ2n) is 6.68. The van der Waals surface area contributed by atoms with Crippen molar-refractivity contribution >= 4 is 51.9 Å². The molecule has 1 amide bonds. The number of piperazine rings is 1. The van der Waals surface area contributed by atoms with Crippen molar-refractivity contribution in [2.24, 2.45) is 0 Å². The van der Waals surface area contributed by atoms with Crippen molar-refractivity contribution in [2.45, 2.75) is 0 Å². The highest BCUT2D eigenvalue weighted by Crippen LogP contribution is 2.23. The van der Waals surface area contributed by atoms with E-state index in [0.717, 1.165) is 35.4 Å². The van der Waals surface area contributed by atoms with Crippen molar-refractivity contribution in [1.82, 2.24) is 9.88 Å². The summed E-state index contributed by atoms with van der Waals surface area (Å²) in [5.41, 5.74) is 1.84. The maximum Gasteiger partial charge on any atom is 0.246 e. The van der Waals surface area contributed by atoms with E-state index in [1.54, 1.807) is 24.3 Å². The molecular formula is C22H19Cl2N3O. The highest BCUT2D eigenvalue weighted by Gasteiger charge is 2.20. The summed E-state index contributed by atoms with van der Waals surface area (Å²) in [4.78, 5) is 21.3. The van der Waals surface area contributed by atoms with E-state index in [0.29, 0.717) is 23.1 Å². The fraction of sp³-hybridized carbons (Fsp3) is 0.182. The summed E-state index contributed by atoms with van der Waals surface area (Å²) >= 11 is 11.9. The molecule has 28 heavy (non-hydrogen) atoms. The number of aromatic nitrogens is 1. The van der Waals surface area contributed by atoms with Gasteiger partial charge in [-0.15, -0.1) is 0 Å². The molecule has 0 radical (unpaired) electrons. The van der Waals surface area contributed by atoms with Crippen LogP contribution < -0.4 is 4.90 Å². The van der Waals surface area contributed by atoms with Gasteiger partial charge in [-0.2, -0.15) is 0 Å². The van der Waals surface area contributed by atoms with Crippen molar-refractivity contribution < 1.29 is 4.79 Å². The van der Waals surface area contributed by atoms with Crippen LogP contribution in [0.2, 0.25) is 10.0 Å². The first-order valence-corrected chi connectivity index (χ1v) is 9.88. The van der Waals surface area contributed by atoms with Crippen LogP contribution in [-0.2, 0) is 4.79 Å². The zero-order valence-electron chi connectivity index (χ0n) is 15.2. The van der Waals surface area contributed by atoms with Gasteiger partial charge in [0, 0.05) is 37.6 Å². The lowest BCUT2D eigenvalue weighted by Crippen LogP contribution is -2.48. The van der Waals surface area contributed by atoms with Crippen LogP contribution in [0.4, 0.5) is 5.82 Å². The number of benzene rings is 2. The van der Waals surface area contributed by atoms with Gasteiger partial charge < -0.3 is 9.80 Å². The Labute approximate surface area is 174 Å². The number of carbonyl (C=O) groups excluding carboxylic acids is 1. The van der Waals surface area contributed by atoms with Crippen LogP contribution in [0.3, 0.4) is 0 Å². The second kappa shape index (κ2) is 8.21. The molecule has 1 fully saturated rings. The second-order valence-corrected chi connectivity index (χ2v) is 7.50. The molecule has 4 rings (SSSR count). The fourth-order valence-corrected chi connectivity index (χ4v) is 3.58. The standard InChI is InChI=1S/C22H19Cl2N3O/c23-18-8-5-16(15-19(18)24)6-10-22(28)27-13-11-26(12-14-27)21-9-7-17-3-1-2-4-20(17)25-21/h1-10,15H,11-14H2/b10-6+. The lowest BCUT2D eigenvalue weighted by Gasteiger charge is -2.35. The normalized spacial score (nSPS) is 14.8. The van der Waals surface area contributed by atoms with Gasteiger partial charge in [-0.3, -0.25) is 4.79 Å². The number of amides is 1. The van der Waals surface area contributed by atoms with Crippen molar-refractivity contribution in [2.75, 3.05) is 31.1 Å². The van der Waals surface area contributed by atoms with E-state index in [2.05, 4.69) is 17.0 Å². The molecule has 0 saturated carbocycles. The summed E-state index contributed by atoms with van der Waals surface area (Å²) in [6, 6.07) is 17.5. The summed E-state index contributed by atoms with van der Waals surface area (Å²) < 4.78 is 0. The van der Waals surface area contributed by atoms with E-state index in [1.807, 2.05) is 35.2 Å². The topological polar surface area (TPSA) is 36.4 Å². The van der Waals surface area contributed by atoms with E-state index in [-0.39, 0.29) is 5.91 Å². The van der Waals surface area contributed by atoms with E-state index in [1.165, 1.54) is 0 Å². The van der Waals surface area contributed by atoms with Gasteiger partial charge in [0.2, 0.25) is 5.91 Å². The molecule has 1 aliphatic heterocycles. The van der Waals surface area contributed by atoms with Gasteiger partial charge in [0.1, 0.15) is 5.82 Å². The minimum atomic E-state index is -0.00260. The SMILES string of the molecule is O=C(/C=C/c1ccc(Cl)c(Cl)c1)N1CCN(c2ccc3ccccc3n2)CC1. The maximum atomic E-state index is 12.5. The molecule has 0 unspecified atom stereocenters. The fourth-order valence-electron chi connectivity index (χ4n) is 3.28. The van der Waals surface area contributed by atoms with Gasteiger partial charge in [0.25, 0.3) is 0 Å². The van der Waals surface area contributed by atoms with Crippen LogP contribution in [0.25, 0.3) is 17.0 Å². The molecule has 142 valence electrons. The average molecular weight is 412 g/mol. The maximum absolute atomic E-state index is 12.5. The molecule has 3 aromatic rings.